The Morgan fingerprint density at radius 1 is 0.844 bits per heavy atom. The van der Waals surface area contributed by atoms with Crippen LogP contribution in [0.4, 0.5) is 10.5 Å². The number of para-hydroxylation sites is 2. The number of carbonyl (C=O) groups is 3. The number of aromatic nitrogens is 1. The van der Waals surface area contributed by atoms with Crippen molar-refractivity contribution in [3.05, 3.63) is 66.4 Å². The molecule has 2 aromatic carbocycles. The molecule has 2 heterocycles. The van der Waals surface area contributed by atoms with E-state index in [2.05, 4.69) is 15.6 Å². The lowest BCUT2D eigenvalue weighted by molar-refractivity contribution is -0.139. The maximum absolute atomic E-state index is 12.7. The number of hydrogen-bond acceptors (Lipinski definition) is 3. The molecule has 0 bridgehead atoms. The molecular weight excluding hydrogens is 406 g/mol. The van der Waals surface area contributed by atoms with Gasteiger partial charge in [-0.05, 0) is 23.8 Å². The van der Waals surface area contributed by atoms with E-state index in [0.29, 0.717) is 38.3 Å². The number of H-pyrrole nitrogens is 1. The van der Waals surface area contributed by atoms with Crippen LogP contribution in [0.25, 0.3) is 10.9 Å². The fraction of sp³-hybridized carbons (Fsp3) is 0.292. The van der Waals surface area contributed by atoms with Crippen molar-refractivity contribution in [1.82, 2.24) is 20.1 Å². The minimum atomic E-state index is -0.336. The van der Waals surface area contributed by atoms with Gasteiger partial charge in [0, 0.05) is 61.9 Å². The fourth-order valence-electron chi connectivity index (χ4n) is 3.90. The molecule has 8 nitrogen and oxygen atoms in total. The Kier molecular flexibility index (Phi) is 6.69. The quantitative estimate of drug-likeness (QED) is 0.557. The predicted octanol–water partition coefficient (Wildman–Crippen LogP) is 2.59. The van der Waals surface area contributed by atoms with Gasteiger partial charge in [-0.1, -0.05) is 36.4 Å². The average molecular weight is 434 g/mol. The summed E-state index contributed by atoms with van der Waals surface area (Å²) in [6.07, 6.45) is 2.47. The molecule has 166 valence electrons. The highest BCUT2D eigenvalue weighted by atomic mass is 16.2. The number of anilines is 1. The molecule has 32 heavy (non-hydrogen) atoms. The second kappa shape index (κ2) is 10.00. The fourth-order valence-corrected chi connectivity index (χ4v) is 3.90. The van der Waals surface area contributed by atoms with Gasteiger partial charge in [0.1, 0.15) is 0 Å². The summed E-state index contributed by atoms with van der Waals surface area (Å²) >= 11 is 0. The molecule has 0 aliphatic carbocycles. The Labute approximate surface area is 186 Å². The second-order valence-corrected chi connectivity index (χ2v) is 7.79. The van der Waals surface area contributed by atoms with Crippen molar-refractivity contribution in [2.24, 2.45) is 0 Å². The number of fused-ring (bicyclic) bond motifs is 1. The van der Waals surface area contributed by atoms with Gasteiger partial charge in [-0.2, -0.15) is 0 Å². The molecule has 0 atom stereocenters. The third-order valence-electron chi connectivity index (χ3n) is 5.66. The summed E-state index contributed by atoms with van der Waals surface area (Å²) in [5.41, 5.74) is 2.71. The molecule has 4 amide bonds. The summed E-state index contributed by atoms with van der Waals surface area (Å²) in [6, 6.07) is 16.7. The van der Waals surface area contributed by atoms with E-state index in [1.165, 1.54) is 0 Å². The predicted molar refractivity (Wildman–Crippen MR) is 123 cm³/mol. The summed E-state index contributed by atoms with van der Waals surface area (Å²) in [5.74, 6) is 0.0508. The number of urea groups is 1. The van der Waals surface area contributed by atoms with Crippen LogP contribution in [0, 0.1) is 0 Å². The minimum absolute atomic E-state index is 0.0197. The van der Waals surface area contributed by atoms with Crippen molar-refractivity contribution in [3.8, 4) is 0 Å². The second-order valence-electron chi connectivity index (χ2n) is 7.79. The molecule has 0 unspecified atom stereocenters. The smallest absolute Gasteiger partial charge is 0.319 e. The zero-order valence-electron chi connectivity index (χ0n) is 17.8. The molecule has 0 saturated carbocycles. The Hall–Kier alpha value is -3.81. The van der Waals surface area contributed by atoms with Gasteiger partial charge in [-0.25, -0.2) is 4.79 Å². The molecule has 1 aliphatic heterocycles. The zero-order valence-corrected chi connectivity index (χ0v) is 17.8. The van der Waals surface area contributed by atoms with Crippen LogP contribution in [0.1, 0.15) is 12.0 Å². The van der Waals surface area contributed by atoms with E-state index in [9.17, 15) is 14.4 Å². The summed E-state index contributed by atoms with van der Waals surface area (Å²) in [6.45, 7) is 2.32. The lowest BCUT2D eigenvalue weighted by Crippen LogP contribution is -2.51. The maximum atomic E-state index is 12.7. The average Bonchev–Trinajstić information content (AvgIpc) is 3.22. The molecule has 3 aromatic rings. The van der Waals surface area contributed by atoms with Crippen molar-refractivity contribution in [2.45, 2.75) is 12.8 Å². The summed E-state index contributed by atoms with van der Waals surface area (Å²) in [4.78, 5) is 43.9. The zero-order chi connectivity index (χ0) is 22.3. The molecule has 1 saturated heterocycles. The maximum Gasteiger partial charge on any atom is 0.319 e. The van der Waals surface area contributed by atoms with E-state index in [1.807, 2.05) is 53.6 Å². The first-order valence-corrected chi connectivity index (χ1v) is 10.8. The number of aromatic amines is 1. The highest BCUT2D eigenvalue weighted by molar-refractivity contribution is 5.90. The third-order valence-corrected chi connectivity index (χ3v) is 5.66. The first-order valence-electron chi connectivity index (χ1n) is 10.8. The SMILES string of the molecule is O=C(NCCC(=O)N1CCN(C(=O)Cc2c[nH]c3ccccc23)CC1)Nc1ccccc1. The Morgan fingerprint density at radius 3 is 2.25 bits per heavy atom. The number of rotatable bonds is 6. The van der Waals surface area contributed by atoms with Gasteiger partial charge in [0.05, 0.1) is 6.42 Å². The van der Waals surface area contributed by atoms with Crippen molar-refractivity contribution < 1.29 is 14.4 Å². The van der Waals surface area contributed by atoms with Crippen LogP contribution in [-0.2, 0) is 16.0 Å². The lowest BCUT2D eigenvalue weighted by Gasteiger charge is -2.35. The van der Waals surface area contributed by atoms with Crippen LogP contribution in [0.2, 0.25) is 0 Å². The van der Waals surface area contributed by atoms with E-state index in [0.717, 1.165) is 16.5 Å². The van der Waals surface area contributed by atoms with Crippen LogP contribution in [-0.4, -0.2) is 65.4 Å². The van der Waals surface area contributed by atoms with Crippen LogP contribution in [0.5, 0.6) is 0 Å². The van der Waals surface area contributed by atoms with Gasteiger partial charge >= 0.3 is 6.03 Å². The summed E-state index contributed by atoms with van der Waals surface area (Å²) in [7, 11) is 0. The van der Waals surface area contributed by atoms with E-state index in [4.69, 9.17) is 0 Å². The van der Waals surface area contributed by atoms with Gasteiger partial charge < -0.3 is 25.4 Å². The Bertz CT molecular complexity index is 1090. The standard InChI is InChI=1S/C24H27N5O3/c30-22(10-11-25-24(32)27-19-6-2-1-3-7-19)28-12-14-29(15-13-28)23(31)16-18-17-26-21-9-5-4-8-20(18)21/h1-9,17,26H,10-16H2,(H2,25,27,32). The van der Waals surface area contributed by atoms with Gasteiger partial charge in [0.2, 0.25) is 11.8 Å². The monoisotopic (exact) mass is 433 g/mol. The van der Waals surface area contributed by atoms with Gasteiger partial charge in [0.15, 0.2) is 0 Å². The Morgan fingerprint density at radius 2 is 1.50 bits per heavy atom. The van der Waals surface area contributed by atoms with Gasteiger partial charge in [-0.3, -0.25) is 9.59 Å². The highest BCUT2D eigenvalue weighted by Gasteiger charge is 2.24. The van der Waals surface area contributed by atoms with Crippen molar-refractivity contribution in [2.75, 3.05) is 38.0 Å². The number of nitrogens with zero attached hydrogens (tertiary/aromatic N) is 2. The van der Waals surface area contributed by atoms with E-state index < -0.39 is 0 Å². The number of carbonyl (C=O) groups excluding carboxylic acids is 3. The first kappa shape index (κ1) is 21.4. The van der Waals surface area contributed by atoms with Crippen LogP contribution in [0.3, 0.4) is 0 Å². The van der Waals surface area contributed by atoms with Crippen molar-refractivity contribution in [3.63, 3.8) is 0 Å². The van der Waals surface area contributed by atoms with Crippen LogP contribution in [0.15, 0.2) is 60.8 Å². The normalized spacial score (nSPS) is 13.8. The number of hydrogen-bond donors (Lipinski definition) is 3. The lowest BCUT2D eigenvalue weighted by atomic mass is 10.1. The molecule has 1 fully saturated rings. The number of piperazine rings is 1. The van der Waals surface area contributed by atoms with E-state index >= 15 is 0 Å². The molecule has 4 rings (SSSR count). The van der Waals surface area contributed by atoms with E-state index in [1.54, 1.807) is 17.0 Å². The third kappa shape index (κ3) is 5.26. The first-order chi connectivity index (χ1) is 15.6. The van der Waals surface area contributed by atoms with Gasteiger partial charge in [0.25, 0.3) is 0 Å². The largest absolute Gasteiger partial charge is 0.361 e. The van der Waals surface area contributed by atoms with Crippen molar-refractivity contribution in [1.29, 1.82) is 0 Å². The summed E-state index contributed by atoms with van der Waals surface area (Å²) < 4.78 is 0. The molecule has 8 heteroatoms. The molecule has 3 N–H and O–H groups in total. The number of amides is 4. The molecule has 1 aromatic heterocycles. The molecule has 1 aliphatic rings. The molecule has 0 radical (unpaired) electrons. The van der Waals surface area contributed by atoms with Gasteiger partial charge in [-0.15, -0.1) is 0 Å². The number of nitrogens with one attached hydrogen (secondary N) is 3. The summed E-state index contributed by atoms with van der Waals surface area (Å²) in [5, 5.41) is 6.49. The molecule has 0 spiro atoms. The van der Waals surface area contributed by atoms with E-state index in [-0.39, 0.29) is 30.8 Å². The van der Waals surface area contributed by atoms with Crippen LogP contribution >= 0.6 is 0 Å². The highest BCUT2D eigenvalue weighted by Crippen LogP contribution is 2.19. The molecular formula is C24H27N5O3. The Balaban J connectivity index is 1.18. The van der Waals surface area contributed by atoms with Crippen LogP contribution < -0.4 is 10.6 Å². The number of benzene rings is 2. The van der Waals surface area contributed by atoms with Crippen molar-refractivity contribution >= 4 is 34.4 Å². The topological polar surface area (TPSA) is 97.5 Å². The minimum Gasteiger partial charge on any atom is -0.361 e.